The van der Waals surface area contributed by atoms with E-state index >= 15 is 0 Å². The molecule has 0 aromatic carbocycles. The average molecular weight is 423 g/mol. The maximum absolute atomic E-state index is 12.9. The Bertz CT molecular complexity index is 830. The topological polar surface area (TPSA) is 69.2 Å². The van der Waals surface area contributed by atoms with Crippen molar-refractivity contribution >= 4 is 38.8 Å². The van der Waals surface area contributed by atoms with E-state index in [0.29, 0.717) is 16.4 Å². The van der Waals surface area contributed by atoms with E-state index in [1.54, 1.807) is 33.9 Å². The third-order valence-electron chi connectivity index (χ3n) is 4.27. The smallest absolute Gasteiger partial charge is 0.180 e. The van der Waals surface area contributed by atoms with Gasteiger partial charge in [0.2, 0.25) is 0 Å². The van der Waals surface area contributed by atoms with Crippen LogP contribution in [0.2, 0.25) is 0 Å². The molecule has 1 aliphatic rings. The predicted molar refractivity (Wildman–Crippen MR) is 99.8 cm³/mol. The number of thiazole rings is 1. The Balaban J connectivity index is 2.07. The van der Waals surface area contributed by atoms with Gasteiger partial charge in [0.25, 0.3) is 0 Å². The van der Waals surface area contributed by atoms with E-state index in [9.17, 15) is 9.59 Å². The third kappa shape index (κ3) is 3.20. The maximum atomic E-state index is 12.9. The van der Waals surface area contributed by atoms with Crippen molar-refractivity contribution in [1.82, 2.24) is 9.97 Å². The maximum Gasteiger partial charge on any atom is 0.180 e. The monoisotopic (exact) mass is 422 g/mol. The van der Waals surface area contributed by atoms with E-state index in [1.165, 1.54) is 11.3 Å². The van der Waals surface area contributed by atoms with E-state index in [0.717, 1.165) is 9.35 Å². The molecule has 1 fully saturated rings. The molecule has 5 nitrogen and oxygen atoms in total. The van der Waals surface area contributed by atoms with Gasteiger partial charge in [0.15, 0.2) is 11.6 Å². The van der Waals surface area contributed by atoms with Crippen LogP contribution in [0.4, 0.5) is 0 Å². The second kappa shape index (κ2) is 6.07. The van der Waals surface area contributed by atoms with Crippen LogP contribution < -0.4 is 0 Å². The number of aryl methyl sites for hydroxylation is 1. The summed E-state index contributed by atoms with van der Waals surface area (Å²) in [6.45, 7) is 8.70. The number of Topliss-reactive ketones (excluding diaryl/α,β-unsaturated/α-hetero) is 2. The minimum absolute atomic E-state index is 0.249. The van der Waals surface area contributed by atoms with Gasteiger partial charge in [-0.25, -0.2) is 4.98 Å². The molecule has 0 atom stereocenters. The Morgan fingerprint density at radius 3 is 2.24 bits per heavy atom. The number of hydrogen-bond donors (Lipinski definition) is 0. The van der Waals surface area contributed by atoms with Crippen molar-refractivity contribution in [2.75, 3.05) is 0 Å². The number of nitrogens with zero attached hydrogens (tertiary/aromatic N) is 2. The number of ether oxygens (including phenoxy) is 1. The minimum Gasteiger partial charge on any atom is -0.354 e. The Labute approximate surface area is 159 Å². The van der Waals surface area contributed by atoms with Gasteiger partial charge in [0, 0.05) is 15.5 Å². The molecular formula is C18H19BrN2O3S. The molecule has 7 heteroatoms. The first-order valence-corrected chi connectivity index (χ1v) is 9.52. The van der Waals surface area contributed by atoms with Crippen LogP contribution in [0, 0.1) is 6.92 Å². The van der Waals surface area contributed by atoms with Crippen LogP contribution in [0.1, 0.15) is 44.2 Å². The number of aromatic nitrogens is 2. The zero-order valence-corrected chi connectivity index (χ0v) is 17.1. The molecule has 1 saturated heterocycles. The second-order valence-corrected chi connectivity index (χ2v) is 9.23. The highest BCUT2D eigenvalue weighted by Crippen LogP contribution is 2.41. The Morgan fingerprint density at radius 2 is 1.72 bits per heavy atom. The molecule has 1 aliphatic heterocycles. The molecular weight excluding hydrogens is 404 g/mol. The van der Waals surface area contributed by atoms with Gasteiger partial charge in [0.1, 0.15) is 22.1 Å². The molecule has 0 radical (unpaired) electrons. The normalized spacial score (nSPS) is 20.1. The number of carbonyl (C=O) groups excluding carboxylic acids is 2. The van der Waals surface area contributed by atoms with Gasteiger partial charge in [-0.1, -0.05) is 0 Å². The highest BCUT2D eigenvalue weighted by atomic mass is 79.9. The van der Waals surface area contributed by atoms with Crippen LogP contribution in [-0.4, -0.2) is 32.7 Å². The van der Waals surface area contributed by atoms with E-state index in [2.05, 4.69) is 25.9 Å². The van der Waals surface area contributed by atoms with Crippen LogP contribution in [0.15, 0.2) is 22.8 Å². The molecule has 0 saturated carbocycles. The lowest BCUT2D eigenvalue weighted by molar-refractivity contribution is -0.184. The van der Waals surface area contributed by atoms with Crippen molar-refractivity contribution < 1.29 is 14.3 Å². The van der Waals surface area contributed by atoms with Gasteiger partial charge in [-0.15, -0.1) is 11.3 Å². The van der Waals surface area contributed by atoms with Gasteiger partial charge in [-0.2, -0.15) is 0 Å². The molecule has 0 spiro atoms. The van der Waals surface area contributed by atoms with Gasteiger partial charge in [-0.3, -0.25) is 14.6 Å². The van der Waals surface area contributed by atoms with Crippen molar-refractivity contribution in [2.24, 2.45) is 0 Å². The Kier molecular flexibility index (Phi) is 4.46. The highest BCUT2D eigenvalue weighted by molar-refractivity contribution is 9.10. The lowest BCUT2D eigenvalue weighted by atomic mass is 9.76. The second-order valence-electron chi connectivity index (χ2n) is 7.11. The molecule has 0 amide bonds. The summed E-state index contributed by atoms with van der Waals surface area (Å²) in [5, 5.41) is 0.697. The van der Waals surface area contributed by atoms with Crippen molar-refractivity contribution in [1.29, 1.82) is 0 Å². The molecule has 132 valence electrons. The minimum atomic E-state index is -1.03. The summed E-state index contributed by atoms with van der Waals surface area (Å²) in [6.07, 6.45) is 1.70. The van der Waals surface area contributed by atoms with Crippen LogP contribution in [0.3, 0.4) is 0 Å². The number of pyridine rings is 1. The van der Waals surface area contributed by atoms with Gasteiger partial charge >= 0.3 is 0 Å². The number of ketones is 2. The molecule has 0 unspecified atom stereocenters. The number of rotatable bonds is 2. The first-order valence-electron chi connectivity index (χ1n) is 7.91. The molecule has 3 heterocycles. The summed E-state index contributed by atoms with van der Waals surface area (Å²) in [4.78, 5) is 35.6. The Hall–Kier alpha value is -1.44. The fourth-order valence-electron chi connectivity index (χ4n) is 3.09. The van der Waals surface area contributed by atoms with Crippen molar-refractivity contribution in [2.45, 2.75) is 51.7 Å². The molecule has 0 bridgehead atoms. The van der Waals surface area contributed by atoms with Crippen molar-refractivity contribution in [3.63, 3.8) is 0 Å². The average Bonchev–Trinajstić information content (AvgIpc) is 2.88. The molecule has 25 heavy (non-hydrogen) atoms. The lowest BCUT2D eigenvalue weighted by Crippen LogP contribution is -2.58. The molecule has 2 aromatic heterocycles. The summed E-state index contributed by atoms with van der Waals surface area (Å²) in [5.74, 6) is -1.40. The van der Waals surface area contributed by atoms with Crippen molar-refractivity contribution in [3.8, 4) is 10.7 Å². The zero-order chi connectivity index (χ0) is 18.6. The Morgan fingerprint density at radius 1 is 1.12 bits per heavy atom. The first kappa shape index (κ1) is 18.4. The van der Waals surface area contributed by atoms with Gasteiger partial charge in [-0.05, 0) is 62.7 Å². The molecule has 2 aromatic rings. The molecule has 3 rings (SSSR count). The molecule has 0 N–H and O–H groups in total. The molecule has 0 aliphatic carbocycles. The first-order chi connectivity index (χ1) is 11.5. The predicted octanol–water partition coefficient (Wildman–Crippen LogP) is 4.09. The fourth-order valence-corrected chi connectivity index (χ4v) is 4.25. The van der Waals surface area contributed by atoms with Gasteiger partial charge < -0.3 is 4.74 Å². The standard InChI is InChI=1S/C18H19BrN2O3S/c1-9-13(21-16(25-9)11-7-6-10(19)8-20-11)12-14(22)17(2,3)24-18(4,5)15(12)23/h6-8,12H,1-5H3. The highest BCUT2D eigenvalue weighted by Gasteiger charge is 2.54. The largest absolute Gasteiger partial charge is 0.354 e. The summed E-state index contributed by atoms with van der Waals surface area (Å²) < 4.78 is 6.62. The fraction of sp³-hybridized carbons (Fsp3) is 0.444. The SMILES string of the molecule is Cc1sc(-c2ccc(Br)cn2)nc1C1C(=O)C(C)(C)OC(C)(C)C1=O. The van der Waals surface area contributed by atoms with Crippen LogP contribution in [0.5, 0.6) is 0 Å². The quantitative estimate of drug-likeness (QED) is 0.681. The van der Waals surface area contributed by atoms with Gasteiger partial charge in [0.05, 0.1) is 11.4 Å². The lowest BCUT2D eigenvalue weighted by Gasteiger charge is -2.42. The van der Waals surface area contributed by atoms with Crippen LogP contribution in [0.25, 0.3) is 10.7 Å². The zero-order valence-electron chi connectivity index (χ0n) is 14.7. The number of carbonyl (C=O) groups is 2. The van der Waals surface area contributed by atoms with E-state index in [4.69, 9.17) is 4.74 Å². The summed E-state index contributed by atoms with van der Waals surface area (Å²) in [7, 11) is 0. The van der Waals surface area contributed by atoms with E-state index in [1.807, 2.05) is 19.1 Å². The van der Waals surface area contributed by atoms with Crippen LogP contribution >= 0.6 is 27.3 Å². The van der Waals surface area contributed by atoms with E-state index < -0.39 is 17.1 Å². The van der Waals surface area contributed by atoms with Crippen LogP contribution in [-0.2, 0) is 14.3 Å². The number of halogens is 1. The number of hydrogen-bond acceptors (Lipinski definition) is 6. The summed E-state index contributed by atoms with van der Waals surface area (Å²) >= 11 is 4.80. The van der Waals surface area contributed by atoms with E-state index in [-0.39, 0.29) is 11.6 Å². The third-order valence-corrected chi connectivity index (χ3v) is 5.75. The van der Waals surface area contributed by atoms with Crippen molar-refractivity contribution in [3.05, 3.63) is 33.4 Å². The summed E-state index contributed by atoms with van der Waals surface area (Å²) in [5.41, 5.74) is -0.834. The summed E-state index contributed by atoms with van der Waals surface area (Å²) in [6, 6.07) is 3.74.